The molecule has 8 heteroatoms. The molecule has 7 nitrogen and oxygen atoms in total. The lowest BCUT2D eigenvalue weighted by Crippen LogP contribution is -2.44. The molecule has 1 heterocycles. The third kappa shape index (κ3) is 6.26. The lowest BCUT2D eigenvalue weighted by molar-refractivity contribution is 0.0349. The summed E-state index contributed by atoms with van der Waals surface area (Å²) in [6, 6.07) is 12.6. The van der Waals surface area contributed by atoms with Gasteiger partial charge in [0, 0.05) is 43.4 Å². The Morgan fingerprint density at radius 3 is 2.47 bits per heavy atom. The number of anilines is 1. The molecule has 30 heavy (non-hydrogen) atoms. The number of hydrogen-bond donors (Lipinski definition) is 1. The topological polar surface area (TPSA) is 63.3 Å². The van der Waals surface area contributed by atoms with Crippen molar-refractivity contribution in [2.45, 2.75) is 6.54 Å². The van der Waals surface area contributed by atoms with Crippen LogP contribution in [0.25, 0.3) is 0 Å². The highest BCUT2D eigenvalue weighted by Crippen LogP contribution is 2.28. The van der Waals surface area contributed by atoms with Gasteiger partial charge < -0.3 is 24.4 Å². The number of nitrogens with zero attached hydrogens (tertiary/aromatic N) is 2. The SMILES string of the molecule is COc1ccc(CN(CCN2CCOCC2)C(=O)Nc2ccc(Cl)cc2)cc1OC. The average Bonchev–Trinajstić information content (AvgIpc) is 2.78. The summed E-state index contributed by atoms with van der Waals surface area (Å²) in [6.07, 6.45) is 0. The highest BCUT2D eigenvalue weighted by atomic mass is 35.5. The van der Waals surface area contributed by atoms with Crippen molar-refractivity contribution in [2.24, 2.45) is 0 Å². The Labute approximate surface area is 182 Å². The Balaban J connectivity index is 1.72. The van der Waals surface area contributed by atoms with Crippen LogP contribution in [0.15, 0.2) is 42.5 Å². The molecule has 0 saturated carbocycles. The number of urea groups is 1. The second kappa shape index (κ2) is 11.1. The van der Waals surface area contributed by atoms with Crippen molar-refractivity contribution in [3.8, 4) is 11.5 Å². The van der Waals surface area contributed by atoms with Gasteiger partial charge >= 0.3 is 6.03 Å². The number of methoxy groups -OCH3 is 2. The van der Waals surface area contributed by atoms with E-state index in [0.717, 1.165) is 38.4 Å². The Hall–Kier alpha value is -2.48. The minimum absolute atomic E-state index is 0.166. The minimum Gasteiger partial charge on any atom is -0.493 e. The van der Waals surface area contributed by atoms with Crippen LogP contribution in [0.3, 0.4) is 0 Å². The normalized spacial score (nSPS) is 14.2. The average molecular weight is 434 g/mol. The molecule has 1 aliphatic heterocycles. The first kappa shape index (κ1) is 22.2. The van der Waals surface area contributed by atoms with Gasteiger partial charge in [0.05, 0.1) is 27.4 Å². The number of ether oxygens (including phenoxy) is 3. The highest BCUT2D eigenvalue weighted by Gasteiger charge is 2.18. The van der Waals surface area contributed by atoms with Crippen LogP contribution in [-0.4, -0.2) is 69.4 Å². The molecule has 0 unspecified atom stereocenters. The van der Waals surface area contributed by atoms with Crippen LogP contribution >= 0.6 is 11.6 Å². The van der Waals surface area contributed by atoms with Gasteiger partial charge in [0.15, 0.2) is 11.5 Å². The van der Waals surface area contributed by atoms with Gasteiger partial charge in [-0.15, -0.1) is 0 Å². The van der Waals surface area contributed by atoms with E-state index in [1.165, 1.54) is 0 Å². The van der Waals surface area contributed by atoms with Gasteiger partial charge in [0.1, 0.15) is 0 Å². The molecule has 1 saturated heterocycles. The van der Waals surface area contributed by atoms with Crippen molar-refractivity contribution >= 4 is 23.3 Å². The maximum absolute atomic E-state index is 13.0. The number of carbonyl (C=O) groups excluding carboxylic acids is 1. The molecule has 1 aliphatic rings. The summed E-state index contributed by atoms with van der Waals surface area (Å²) in [5, 5.41) is 3.58. The summed E-state index contributed by atoms with van der Waals surface area (Å²) in [4.78, 5) is 17.1. The molecule has 1 N–H and O–H groups in total. The Bertz CT molecular complexity index is 826. The first-order chi connectivity index (χ1) is 14.6. The molecule has 3 rings (SSSR count). The van der Waals surface area contributed by atoms with E-state index in [1.54, 1.807) is 43.4 Å². The quantitative estimate of drug-likeness (QED) is 0.687. The summed E-state index contributed by atoms with van der Waals surface area (Å²) < 4.78 is 16.1. The fraction of sp³-hybridized carbons (Fsp3) is 0.409. The summed E-state index contributed by atoms with van der Waals surface area (Å²) in [6.45, 7) is 5.04. The zero-order chi connectivity index (χ0) is 21.3. The Morgan fingerprint density at radius 2 is 1.80 bits per heavy atom. The monoisotopic (exact) mass is 433 g/mol. The van der Waals surface area contributed by atoms with Gasteiger partial charge in [-0.25, -0.2) is 4.79 Å². The third-order valence-electron chi connectivity index (χ3n) is 4.99. The van der Waals surface area contributed by atoms with Crippen LogP contribution in [0.4, 0.5) is 10.5 Å². The van der Waals surface area contributed by atoms with Crippen molar-refractivity contribution in [1.82, 2.24) is 9.80 Å². The summed E-state index contributed by atoms with van der Waals surface area (Å²) in [7, 11) is 3.21. The standard InChI is InChI=1S/C22H28ClN3O4/c1-28-20-8-3-17(15-21(20)29-2)16-26(10-9-25-11-13-30-14-12-25)22(27)24-19-6-4-18(23)5-7-19/h3-8,15H,9-14,16H2,1-2H3,(H,24,27). The summed E-state index contributed by atoms with van der Waals surface area (Å²) in [5.41, 5.74) is 1.66. The van der Waals surface area contributed by atoms with Crippen LogP contribution < -0.4 is 14.8 Å². The van der Waals surface area contributed by atoms with E-state index in [2.05, 4.69) is 10.2 Å². The number of benzene rings is 2. The van der Waals surface area contributed by atoms with Crippen molar-refractivity contribution in [1.29, 1.82) is 0 Å². The second-order valence-electron chi connectivity index (χ2n) is 7.00. The summed E-state index contributed by atoms with van der Waals surface area (Å²) in [5.74, 6) is 1.30. The van der Waals surface area contributed by atoms with E-state index in [9.17, 15) is 4.79 Å². The predicted molar refractivity (Wildman–Crippen MR) is 118 cm³/mol. The molecular weight excluding hydrogens is 406 g/mol. The van der Waals surface area contributed by atoms with Crippen molar-refractivity contribution in [3.05, 3.63) is 53.1 Å². The fourth-order valence-electron chi connectivity index (χ4n) is 3.27. The van der Waals surface area contributed by atoms with Gasteiger partial charge in [-0.05, 0) is 42.0 Å². The third-order valence-corrected chi connectivity index (χ3v) is 5.25. The number of rotatable bonds is 8. The van der Waals surface area contributed by atoms with Crippen molar-refractivity contribution < 1.29 is 19.0 Å². The molecule has 0 bridgehead atoms. The molecular formula is C22H28ClN3O4. The molecule has 2 aromatic rings. The van der Waals surface area contributed by atoms with E-state index < -0.39 is 0 Å². The van der Waals surface area contributed by atoms with Crippen molar-refractivity contribution in [3.63, 3.8) is 0 Å². The maximum Gasteiger partial charge on any atom is 0.322 e. The van der Waals surface area contributed by atoms with Gasteiger partial charge in [-0.1, -0.05) is 17.7 Å². The van der Waals surface area contributed by atoms with E-state index in [-0.39, 0.29) is 6.03 Å². The zero-order valence-electron chi connectivity index (χ0n) is 17.4. The van der Waals surface area contributed by atoms with Crippen LogP contribution in [0.1, 0.15) is 5.56 Å². The van der Waals surface area contributed by atoms with Crippen LogP contribution in [0.5, 0.6) is 11.5 Å². The number of carbonyl (C=O) groups is 1. The van der Waals surface area contributed by atoms with Gasteiger partial charge in [-0.3, -0.25) is 4.90 Å². The second-order valence-corrected chi connectivity index (χ2v) is 7.44. The molecule has 2 aromatic carbocycles. The lowest BCUT2D eigenvalue weighted by atomic mass is 10.2. The van der Waals surface area contributed by atoms with E-state index in [1.807, 2.05) is 18.2 Å². The number of hydrogen-bond acceptors (Lipinski definition) is 5. The highest BCUT2D eigenvalue weighted by molar-refractivity contribution is 6.30. The number of amides is 2. The number of nitrogens with one attached hydrogen (secondary N) is 1. The largest absolute Gasteiger partial charge is 0.493 e. The number of halogens is 1. The van der Waals surface area contributed by atoms with Gasteiger partial charge in [-0.2, -0.15) is 0 Å². The molecule has 0 spiro atoms. The van der Waals surface area contributed by atoms with Crippen LogP contribution in [0, 0.1) is 0 Å². The van der Waals surface area contributed by atoms with Crippen LogP contribution in [-0.2, 0) is 11.3 Å². The fourth-order valence-corrected chi connectivity index (χ4v) is 3.40. The molecule has 0 radical (unpaired) electrons. The smallest absolute Gasteiger partial charge is 0.322 e. The van der Waals surface area contributed by atoms with Gasteiger partial charge in [0.25, 0.3) is 0 Å². The lowest BCUT2D eigenvalue weighted by Gasteiger charge is -2.30. The van der Waals surface area contributed by atoms with E-state index in [0.29, 0.717) is 35.3 Å². The first-order valence-corrected chi connectivity index (χ1v) is 10.3. The van der Waals surface area contributed by atoms with Crippen LogP contribution in [0.2, 0.25) is 5.02 Å². The molecule has 0 aromatic heterocycles. The number of morpholine rings is 1. The summed E-state index contributed by atoms with van der Waals surface area (Å²) >= 11 is 5.95. The molecule has 0 aliphatic carbocycles. The van der Waals surface area contributed by atoms with E-state index in [4.69, 9.17) is 25.8 Å². The zero-order valence-corrected chi connectivity index (χ0v) is 18.2. The predicted octanol–water partition coefficient (Wildman–Crippen LogP) is 3.72. The minimum atomic E-state index is -0.166. The first-order valence-electron chi connectivity index (χ1n) is 9.91. The Morgan fingerprint density at radius 1 is 1.10 bits per heavy atom. The van der Waals surface area contributed by atoms with E-state index >= 15 is 0 Å². The molecule has 162 valence electrons. The Kier molecular flexibility index (Phi) is 8.19. The molecule has 1 fully saturated rings. The molecule has 0 atom stereocenters. The molecule has 2 amide bonds. The van der Waals surface area contributed by atoms with Gasteiger partial charge in [0.2, 0.25) is 0 Å². The van der Waals surface area contributed by atoms with Crippen molar-refractivity contribution in [2.75, 3.05) is 58.9 Å². The maximum atomic E-state index is 13.0.